The normalized spacial score (nSPS) is 11.6. The number of aromatic nitrogens is 2. The molecule has 0 aliphatic rings. The van der Waals surface area contributed by atoms with Gasteiger partial charge in [-0.1, -0.05) is 6.07 Å². The van der Waals surface area contributed by atoms with Crippen LogP contribution in [0.25, 0.3) is 5.69 Å². The summed E-state index contributed by atoms with van der Waals surface area (Å²) >= 11 is 0. The van der Waals surface area contributed by atoms with Crippen molar-refractivity contribution in [3.8, 4) is 11.6 Å². The molecule has 1 aromatic heterocycles. The molecule has 1 heterocycles. The maximum absolute atomic E-state index is 11.2. The van der Waals surface area contributed by atoms with Gasteiger partial charge in [-0.3, -0.25) is 0 Å². The second kappa shape index (κ2) is 3.86. The lowest BCUT2D eigenvalue weighted by Gasteiger charge is -2.04. The van der Waals surface area contributed by atoms with E-state index in [2.05, 4.69) is 5.10 Å². The van der Waals surface area contributed by atoms with Crippen LogP contribution in [0.2, 0.25) is 0 Å². The summed E-state index contributed by atoms with van der Waals surface area (Å²) in [6.45, 7) is 1.72. The van der Waals surface area contributed by atoms with Crippen LogP contribution in [0.1, 0.15) is 5.69 Å². The Morgan fingerprint density at radius 1 is 1.35 bits per heavy atom. The minimum Gasteiger partial charge on any atom is -0.493 e. The van der Waals surface area contributed by atoms with E-state index in [4.69, 9.17) is 5.14 Å². The van der Waals surface area contributed by atoms with Crippen LogP contribution < -0.4 is 5.14 Å². The number of hydrogen-bond donors (Lipinski definition) is 2. The summed E-state index contributed by atoms with van der Waals surface area (Å²) in [5, 5.41) is 18.7. The first kappa shape index (κ1) is 11.6. The zero-order chi connectivity index (χ0) is 12.6. The molecule has 3 N–H and O–H groups in total. The van der Waals surface area contributed by atoms with Crippen LogP contribution in [0.15, 0.2) is 35.2 Å². The molecule has 0 bridgehead atoms. The van der Waals surface area contributed by atoms with E-state index in [1.54, 1.807) is 13.0 Å². The van der Waals surface area contributed by atoms with E-state index in [9.17, 15) is 13.5 Å². The first-order valence-corrected chi connectivity index (χ1v) is 6.31. The molecule has 1 aromatic carbocycles. The van der Waals surface area contributed by atoms with Crippen LogP contribution in [0.3, 0.4) is 0 Å². The van der Waals surface area contributed by atoms with Gasteiger partial charge < -0.3 is 5.11 Å². The Morgan fingerprint density at radius 3 is 2.59 bits per heavy atom. The van der Waals surface area contributed by atoms with Gasteiger partial charge in [-0.05, 0) is 25.1 Å². The fourth-order valence-corrected chi connectivity index (χ4v) is 2.02. The van der Waals surface area contributed by atoms with Gasteiger partial charge >= 0.3 is 0 Å². The summed E-state index contributed by atoms with van der Waals surface area (Å²) in [5.41, 5.74) is 1.06. The van der Waals surface area contributed by atoms with Gasteiger partial charge in [0.05, 0.1) is 16.3 Å². The summed E-state index contributed by atoms with van der Waals surface area (Å²) in [7, 11) is -3.76. The van der Waals surface area contributed by atoms with E-state index < -0.39 is 10.0 Å². The van der Waals surface area contributed by atoms with Crippen LogP contribution >= 0.6 is 0 Å². The lowest BCUT2D eigenvalue weighted by Crippen LogP contribution is -2.12. The van der Waals surface area contributed by atoms with Gasteiger partial charge in [0.1, 0.15) is 0 Å². The molecule has 0 radical (unpaired) electrons. The monoisotopic (exact) mass is 253 g/mol. The highest BCUT2D eigenvalue weighted by atomic mass is 32.2. The zero-order valence-corrected chi connectivity index (χ0v) is 9.85. The topological polar surface area (TPSA) is 98.2 Å². The third-order valence-corrected chi connectivity index (χ3v) is 3.11. The molecule has 7 heteroatoms. The van der Waals surface area contributed by atoms with Gasteiger partial charge in [0.25, 0.3) is 0 Å². The molecule has 0 spiro atoms. The van der Waals surface area contributed by atoms with Gasteiger partial charge in [-0.15, -0.1) is 0 Å². The van der Waals surface area contributed by atoms with Gasteiger partial charge in [0, 0.05) is 6.07 Å². The summed E-state index contributed by atoms with van der Waals surface area (Å²) < 4.78 is 23.6. The minimum absolute atomic E-state index is 0.0254. The Balaban J connectivity index is 2.58. The minimum atomic E-state index is -3.76. The summed E-state index contributed by atoms with van der Waals surface area (Å²) in [4.78, 5) is -0.0254. The van der Waals surface area contributed by atoms with Crippen LogP contribution in [-0.2, 0) is 10.0 Å². The number of rotatable bonds is 2. The van der Waals surface area contributed by atoms with E-state index in [1.807, 2.05) is 0 Å². The average Bonchev–Trinajstić information content (AvgIpc) is 2.57. The van der Waals surface area contributed by atoms with Crippen molar-refractivity contribution < 1.29 is 13.5 Å². The Morgan fingerprint density at radius 2 is 2.06 bits per heavy atom. The van der Waals surface area contributed by atoms with Crippen LogP contribution in [0, 0.1) is 6.92 Å². The van der Waals surface area contributed by atoms with Crippen LogP contribution in [0.5, 0.6) is 5.88 Å². The number of sulfonamides is 1. The molecule has 0 saturated heterocycles. The molecular weight excluding hydrogens is 242 g/mol. The molecule has 17 heavy (non-hydrogen) atoms. The molecule has 0 aliphatic carbocycles. The van der Waals surface area contributed by atoms with E-state index in [0.29, 0.717) is 11.4 Å². The molecular formula is C10H11N3O3S. The molecule has 0 aliphatic heterocycles. The Labute approximate surface area is 98.4 Å². The molecule has 2 rings (SSSR count). The molecule has 90 valence electrons. The highest BCUT2D eigenvalue weighted by Gasteiger charge is 2.11. The SMILES string of the molecule is Cc1cc(O)n(-c2cccc(S(N)(=O)=O)c2)n1. The van der Waals surface area contributed by atoms with Crippen LogP contribution in [-0.4, -0.2) is 23.3 Å². The molecule has 6 nitrogen and oxygen atoms in total. The second-order valence-corrected chi connectivity index (χ2v) is 5.16. The highest BCUT2D eigenvalue weighted by molar-refractivity contribution is 7.89. The van der Waals surface area contributed by atoms with Crippen molar-refractivity contribution in [2.45, 2.75) is 11.8 Å². The predicted molar refractivity (Wildman–Crippen MR) is 61.3 cm³/mol. The van der Waals surface area contributed by atoms with Crippen molar-refractivity contribution in [3.63, 3.8) is 0 Å². The first-order chi connectivity index (χ1) is 7.88. The van der Waals surface area contributed by atoms with Gasteiger partial charge in [0.2, 0.25) is 15.9 Å². The predicted octanol–water partition coefficient (Wildman–Crippen LogP) is 0.534. The molecule has 0 amide bonds. The maximum atomic E-state index is 11.2. The third kappa shape index (κ3) is 2.29. The molecule has 2 aromatic rings. The Kier molecular flexibility index (Phi) is 2.64. The van der Waals surface area contributed by atoms with Crippen molar-refractivity contribution in [1.82, 2.24) is 9.78 Å². The Bertz CT molecular complexity index is 661. The lowest BCUT2D eigenvalue weighted by atomic mass is 10.3. The standard InChI is InChI=1S/C10H11N3O3S/c1-7-5-10(14)13(12-7)8-3-2-4-9(6-8)17(11,15)16/h2-6,14H,1H3,(H2,11,15,16). The van der Waals surface area contributed by atoms with Gasteiger partial charge in [0.15, 0.2) is 0 Å². The zero-order valence-electron chi connectivity index (χ0n) is 9.03. The second-order valence-electron chi connectivity index (χ2n) is 3.60. The molecule has 0 atom stereocenters. The Hall–Kier alpha value is -1.86. The first-order valence-electron chi connectivity index (χ1n) is 4.77. The molecule has 0 saturated carbocycles. The third-order valence-electron chi connectivity index (χ3n) is 2.20. The van der Waals surface area contributed by atoms with E-state index >= 15 is 0 Å². The van der Waals surface area contributed by atoms with Crippen molar-refractivity contribution >= 4 is 10.0 Å². The van der Waals surface area contributed by atoms with Crippen molar-refractivity contribution in [1.29, 1.82) is 0 Å². The quantitative estimate of drug-likeness (QED) is 0.815. The number of nitrogens with two attached hydrogens (primary N) is 1. The van der Waals surface area contributed by atoms with E-state index in [-0.39, 0.29) is 10.8 Å². The fraction of sp³-hybridized carbons (Fsp3) is 0.100. The smallest absolute Gasteiger partial charge is 0.238 e. The van der Waals surface area contributed by atoms with Gasteiger partial charge in [-0.25, -0.2) is 18.2 Å². The molecule has 0 unspecified atom stereocenters. The van der Waals surface area contributed by atoms with Crippen molar-refractivity contribution in [2.24, 2.45) is 5.14 Å². The van der Waals surface area contributed by atoms with E-state index in [0.717, 1.165) is 0 Å². The van der Waals surface area contributed by atoms with Crippen molar-refractivity contribution in [3.05, 3.63) is 36.0 Å². The van der Waals surface area contributed by atoms with Crippen molar-refractivity contribution in [2.75, 3.05) is 0 Å². The van der Waals surface area contributed by atoms with Gasteiger partial charge in [-0.2, -0.15) is 5.10 Å². The average molecular weight is 253 g/mol. The highest BCUT2D eigenvalue weighted by Crippen LogP contribution is 2.19. The summed E-state index contributed by atoms with van der Waals surface area (Å²) in [5.74, 6) is -0.0610. The van der Waals surface area contributed by atoms with Crippen LogP contribution in [0.4, 0.5) is 0 Å². The number of aromatic hydroxyl groups is 1. The number of aryl methyl sites for hydroxylation is 1. The van der Waals surface area contributed by atoms with E-state index in [1.165, 1.54) is 28.9 Å². The molecule has 0 fully saturated rings. The largest absolute Gasteiger partial charge is 0.493 e. The fourth-order valence-electron chi connectivity index (χ4n) is 1.47. The number of nitrogens with zero attached hydrogens (tertiary/aromatic N) is 2. The number of primary sulfonamides is 1. The summed E-state index contributed by atoms with van der Waals surface area (Å²) in [6, 6.07) is 7.36. The lowest BCUT2D eigenvalue weighted by molar-refractivity contribution is 0.433. The number of benzene rings is 1. The number of hydrogen-bond acceptors (Lipinski definition) is 4. The summed E-state index contributed by atoms with van der Waals surface area (Å²) in [6.07, 6.45) is 0. The maximum Gasteiger partial charge on any atom is 0.238 e.